The van der Waals surface area contributed by atoms with Gasteiger partial charge in [-0.05, 0) is 68.3 Å². The first-order chi connectivity index (χ1) is 15.6. The van der Waals surface area contributed by atoms with E-state index in [-0.39, 0.29) is 17.8 Å². The number of pyridine rings is 1. The number of carbonyl (C=O) groups is 2. The Morgan fingerprint density at radius 2 is 1.72 bits per heavy atom. The van der Waals surface area contributed by atoms with Gasteiger partial charge in [0.2, 0.25) is 5.91 Å². The molecule has 164 valence electrons. The van der Waals surface area contributed by atoms with Gasteiger partial charge in [-0.25, -0.2) is 4.79 Å². The van der Waals surface area contributed by atoms with Gasteiger partial charge in [0.25, 0.3) is 0 Å². The van der Waals surface area contributed by atoms with Crippen LogP contribution < -0.4 is 10.2 Å². The maximum atomic E-state index is 12.7. The number of ether oxygens (including phenoxy) is 1. The monoisotopic (exact) mass is 431 g/mol. The topological polar surface area (TPSA) is 97.3 Å². The second-order valence-corrected chi connectivity index (χ2v) is 7.56. The molecule has 0 unspecified atom stereocenters. The summed E-state index contributed by atoms with van der Waals surface area (Å²) in [4.78, 5) is 30.6. The van der Waals surface area contributed by atoms with Crippen LogP contribution in [-0.2, 0) is 9.53 Å². The van der Waals surface area contributed by atoms with Crippen molar-refractivity contribution in [2.75, 3.05) is 29.9 Å². The summed E-state index contributed by atoms with van der Waals surface area (Å²) in [6.45, 7) is 3.57. The van der Waals surface area contributed by atoms with Gasteiger partial charge in [0.1, 0.15) is 0 Å². The lowest BCUT2D eigenvalue weighted by molar-refractivity contribution is -0.120. The van der Waals surface area contributed by atoms with E-state index in [1.807, 2.05) is 24.3 Å². The summed E-state index contributed by atoms with van der Waals surface area (Å²) in [7, 11) is 0. The summed E-state index contributed by atoms with van der Waals surface area (Å²) in [6, 6.07) is 14.5. The molecule has 2 aromatic heterocycles. The molecule has 0 radical (unpaired) electrons. The molecule has 0 atom stereocenters. The van der Waals surface area contributed by atoms with Crippen LogP contribution in [-0.4, -0.2) is 46.8 Å². The lowest BCUT2D eigenvalue weighted by Gasteiger charge is -2.31. The van der Waals surface area contributed by atoms with E-state index < -0.39 is 0 Å². The number of benzene rings is 1. The Hall–Kier alpha value is -3.81. The molecule has 8 nitrogen and oxygen atoms in total. The molecule has 8 heteroatoms. The lowest BCUT2D eigenvalue weighted by Crippen LogP contribution is -2.38. The van der Waals surface area contributed by atoms with Crippen LogP contribution in [0.2, 0.25) is 0 Å². The number of rotatable bonds is 6. The molecule has 0 saturated carbocycles. The molecule has 1 saturated heterocycles. The van der Waals surface area contributed by atoms with Crippen molar-refractivity contribution >= 4 is 23.4 Å². The Bertz CT molecular complexity index is 1050. The van der Waals surface area contributed by atoms with Gasteiger partial charge in [-0.2, -0.15) is 0 Å². The van der Waals surface area contributed by atoms with Crippen LogP contribution in [0.4, 0.5) is 11.5 Å². The third-order valence-electron chi connectivity index (χ3n) is 5.48. The zero-order valence-corrected chi connectivity index (χ0v) is 17.9. The summed E-state index contributed by atoms with van der Waals surface area (Å²) in [5.74, 6) is 0.374. The highest BCUT2D eigenvalue weighted by Gasteiger charge is 2.26. The SMILES string of the molecule is CCOC(=O)c1ccc(NC(=O)C2CCN(c3ccc(-c4ccncc4)nn3)CC2)cc1. The van der Waals surface area contributed by atoms with Crippen molar-refractivity contribution in [3.8, 4) is 11.3 Å². The van der Waals surface area contributed by atoms with Gasteiger partial charge in [-0.1, -0.05) is 0 Å². The zero-order valence-electron chi connectivity index (χ0n) is 17.9. The molecular formula is C24H25N5O3. The van der Waals surface area contributed by atoms with E-state index in [0.717, 1.165) is 43.0 Å². The van der Waals surface area contributed by atoms with Crippen molar-refractivity contribution in [2.45, 2.75) is 19.8 Å². The van der Waals surface area contributed by atoms with Crippen LogP contribution >= 0.6 is 0 Å². The molecule has 1 N–H and O–H groups in total. The number of amides is 1. The van der Waals surface area contributed by atoms with Crippen LogP contribution in [0.3, 0.4) is 0 Å². The molecule has 32 heavy (non-hydrogen) atoms. The average molecular weight is 431 g/mol. The third kappa shape index (κ3) is 5.08. The fourth-order valence-corrected chi connectivity index (χ4v) is 3.69. The molecule has 0 spiro atoms. The number of carbonyl (C=O) groups excluding carboxylic acids is 2. The van der Waals surface area contributed by atoms with Gasteiger partial charge in [-0.3, -0.25) is 9.78 Å². The van der Waals surface area contributed by atoms with Gasteiger partial charge in [0.05, 0.1) is 17.9 Å². The Kier molecular flexibility index (Phi) is 6.69. The van der Waals surface area contributed by atoms with Crippen molar-refractivity contribution < 1.29 is 14.3 Å². The number of piperidine rings is 1. The number of aromatic nitrogens is 3. The minimum atomic E-state index is -0.366. The standard InChI is InChI=1S/C24H25N5O3/c1-2-32-24(31)19-3-5-20(6-4-19)26-23(30)18-11-15-29(16-12-18)22-8-7-21(27-28-22)17-9-13-25-14-10-17/h3-10,13-14,18H,2,11-12,15-16H2,1H3,(H,26,30). The van der Waals surface area contributed by atoms with Crippen molar-refractivity contribution in [3.05, 3.63) is 66.5 Å². The van der Waals surface area contributed by atoms with Crippen molar-refractivity contribution in [2.24, 2.45) is 5.92 Å². The van der Waals surface area contributed by atoms with Crippen LogP contribution in [0.5, 0.6) is 0 Å². The number of hydrogen-bond donors (Lipinski definition) is 1. The van der Waals surface area contributed by atoms with Gasteiger partial charge < -0.3 is 15.0 Å². The summed E-state index contributed by atoms with van der Waals surface area (Å²) in [5, 5.41) is 11.7. The van der Waals surface area contributed by atoms with Crippen molar-refractivity contribution in [1.29, 1.82) is 0 Å². The average Bonchev–Trinajstić information content (AvgIpc) is 2.85. The molecule has 1 fully saturated rings. The van der Waals surface area contributed by atoms with Gasteiger partial charge in [0, 0.05) is 42.7 Å². The number of esters is 1. The molecule has 0 bridgehead atoms. The summed E-state index contributed by atoms with van der Waals surface area (Å²) < 4.78 is 4.98. The number of anilines is 2. The minimum absolute atomic E-state index is 0.00680. The first kappa shape index (κ1) is 21.4. The Labute approximate surface area is 186 Å². The van der Waals surface area contributed by atoms with E-state index in [4.69, 9.17) is 4.74 Å². The molecule has 1 aliphatic heterocycles. The molecule has 4 rings (SSSR count). The Morgan fingerprint density at radius 1 is 1.00 bits per heavy atom. The molecule has 1 aromatic carbocycles. The number of hydrogen-bond acceptors (Lipinski definition) is 7. The minimum Gasteiger partial charge on any atom is -0.462 e. The van der Waals surface area contributed by atoms with E-state index in [9.17, 15) is 9.59 Å². The van der Waals surface area contributed by atoms with Crippen molar-refractivity contribution in [1.82, 2.24) is 15.2 Å². The predicted molar refractivity (Wildman–Crippen MR) is 121 cm³/mol. The van der Waals surface area contributed by atoms with Crippen LogP contribution in [0.15, 0.2) is 60.9 Å². The fraction of sp³-hybridized carbons (Fsp3) is 0.292. The van der Waals surface area contributed by atoms with Crippen molar-refractivity contribution in [3.63, 3.8) is 0 Å². The normalized spacial score (nSPS) is 14.1. The smallest absolute Gasteiger partial charge is 0.338 e. The van der Waals surface area contributed by atoms with Gasteiger partial charge in [0.15, 0.2) is 5.82 Å². The first-order valence-corrected chi connectivity index (χ1v) is 10.7. The second kappa shape index (κ2) is 10.00. The molecule has 0 aliphatic carbocycles. The third-order valence-corrected chi connectivity index (χ3v) is 5.48. The lowest BCUT2D eigenvalue weighted by atomic mass is 9.95. The van der Waals surface area contributed by atoms with Crippen LogP contribution in [0, 0.1) is 5.92 Å². The summed E-state index contributed by atoms with van der Waals surface area (Å²) in [5.41, 5.74) is 2.92. The second-order valence-electron chi connectivity index (χ2n) is 7.56. The van der Waals surface area contributed by atoms with Gasteiger partial charge >= 0.3 is 5.97 Å². The number of nitrogens with one attached hydrogen (secondary N) is 1. The Balaban J connectivity index is 1.29. The predicted octanol–water partition coefficient (Wildman–Crippen LogP) is 3.57. The quantitative estimate of drug-likeness (QED) is 0.596. The largest absolute Gasteiger partial charge is 0.462 e. The summed E-state index contributed by atoms with van der Waals surface area (Å²) >= 11 is 0. The molecule has 3 heterocycles. The molecule has 1 amide bonds. The molecule has 3 aromatic rings. The van der Waals surface area contributed by atoms with E-state index >= 15 is 0 Å². The highest BCUT2D eigenvalue weighted by atomic mass is 16.5. The summed E-state index contributed by atoms with van der Waals surface area (Å²) in [6.07, 6.45) is 4.94. The maximum Gasteiger partial charge on any atom is 0.338 e. The Morgan fingerprint density at radius 3 is 2.34 bits per heavy atom. The van der Waals surface area contributed by atoms with E-state index in [0.29, 0.717) is 17.9 Å². The fourth-order valence-electron chi connectivity index (χ4n) is 3.69. The van der Waals surface area contributed by atoms with E-state index in [1.54, 1.807) is 43.6 Å². The zero-order chi connectivity index (χ0) is 22.3. The number of nitrogens with zero attached hydrogens (tertiary/aromatic N) is 4. The van der Waals surface area contributed by atoms with E-state index in [2.05, 4.69) is 25.4 Å². The molecular weight excluding hydrogens is 406 g/mol. The van der Waals surface area contributed by atoms with E-state index in [1.165, 1.54) is 0 Å². The molecule has 1 aliphatic rings. The highest BCUT2D eigenvalue weighted by molar-refractivity contribution is 5.94. The maximum absolute atomic E-state index is 12.7. The first-order valence-electron chi connectivity index (χ1n) is 10.7. The van der Waals surface area contributed by atoms with Crippen LogP contribution in [0.25, 0.3) is 11.3 Å². The highest BCUT2D eigenvalue weighted by Crippen LogP contribution is 2.24. The van der Waals surface area contributed by atoms with Gasteiger partial charge in [-0.15, -0.1) is 10.2 Å². The van der Waals surface area contributed by atoms with Crippen LogP contribution in [0.1, 0.15) is 30.1 Å².